The van der Waals surface area contributed by atoms with Gasteiger partial charge in [-0.2, -0.15) is 13.2 Å². The zero-order valence-electron chi connectivity index (χ0n) is 10.8. The molecule has 0 unspecified atom stereocenters. The lowest BCUT2D eigenvalue weighted by Crippen LogP contribution is -2.59. The van der Waals surface area contributed by atoms with Crippen molar-refractivity contribution < 1.29 is 18.0 Å². The van der Waals surface area contributed by atoms with Crippen LogP contribution in [0.15, 0.2) is 17.0 Å². The van der Waals surface area contributed by atoms with E-state index >= 15 is 0 Å². The van der Waals surface area contributed by atoms with E-state index in [1.54, 1.807) is 6.92 Å². The van der Waals surface area contributed by atoms with Gasteiger partial charge < -0.3 is 0 Å². The van der Waals surface area contributed by atoms with Crippen molar-refractivity contribution in [3.63, 3.8) is 0 Å². The quantitative estimate of drug-likeness (QED) is 0.786. The smallest absolute Gasteiger partial charge is 0.300 e. The fraction of sp³-hybridized carbons (Fsp3) is 0.538. The van der Waals surface area contributed by atoms with Gasteiger partial charge >= 0.3 is 6.18 Å². The first-order chi connectivity index (χ1) is 9.27. The number of aryl methyl sites for hydroxylation is 1. The number of alkyl halides is 3. The van der Waals surface area contributed by atoms with Crippen molar-refractivity contribution in [1.82, 2.24) is 9.29 Å². The highest BCUT2D eigenvalue weighted by atomic mass is 32.2. The van der Waals surface area contributed by atoms with Crippen LogP contribution >= 0.6 is 11.9 Å². The second kappa shape index (κ2) is 4.46. The zero-order chi connectivity index (χ0) is 14.5. The number of nitrogens with zero attached hydrogens (tertiary/aromatic N) is 2. The number of aromatic nitrogens is 1. The van der Waals surface area contributed by atoms with Gasteiger partial charge in [0.05, 0.1) is 5.69 Å². The summed E-state index contributed by atoms with van der Waals surface area (Å²) >= 11 is 1.42. The van der Waals surface area contributed by atoms with E-state index in [9.17, 15) is 18.0 Å². The average Bonchev–Trinajstić information content (AvgIpc) is 2.25. The molecule has 0 N–H and O–H groups in total. The maximum Gasteiger partial charge on any atom is 0.433 e. The Labute approximate surface area is 118 Å². The van der Waals surface area contributed by atoms with Crippen LogP contribution in [0.5, 0.6) is 0 Å². The summed E-state index contributed by atoms with van der Waals surface area (Å²) in [5, 5.41) is 0. The normalized spacial score (nSPS) is 21.7. The molecule has 20 heavy (non-hydrogen) atoms. The van der Waals surface area contributed by atoms with Gasteiger partial charge in [0, 0.05) is 36.2 Å². The van der Waals surface area contributed by atoms with E-state index in [1.165, 1.54) is 18.0 Å². The van der Waals surface area contributed by atoms with E-state index in [0.717, 1.165) is 24.1 Å². The van der Waals surface area contributed by atoms with Crippen LogP contribution in [0.3, 0.4) is 0 Å². The minimum atomic E-state index is -4.40. The number of carbonyl (C=O) groups is 1. The molecule has 0 aromatic carbocycles. The van der Waals surface area contributed by atoms with Crippen LogP contribution in [0.4, 0.5) is 13.2 Å². The number of pyridine rings is 1. The fourth-order valence-corrected chi connectivity index (χ4v) is 3.98. The second-order valence-corrected chi connectivity index (χ2v) is 6.70. The number of Topliss-reactive ketones (excluding diaryl/α,β-unsaturated/α-hetero) is 1. The molecule has 1 spiro atoms. The second-order valence-electron chi connectivity index (χ2n) is 5.56. The van der Waals surface area contributed by atoms with E-state index in [2.05, 4.69) is 9.29 Å². The SMILES string of the molecule is Cc1nc(C(F)(F)F)ccc1SN1CC2(CC(=O)C2)C1. The molecule has 108 valence electrons. The monoisotopic (exact) mass is 302 g/mol. The van der Waals surface area contributed by atoms with Crippen molar-refractivity contribution >= 4 is 17.7 Å². The molecule has 1 aliphatic carbocycles. The van der Waals surface area contributed by atoms with Gasteiger partial charge in [-0.3, -0.25) is 4.79 Å². The standard InChI is InChI=1S/C13H13F3N2OS/c1-8-10(2-3-11(17-8)13(14,15)16)20-18-6-12(7-18)4-9(19)5-12/h2-3H,4-7H2,1H3. The molecule has 0 bridgehead atoms. The maximum absolute atomic E-state index is 12.5. The molecular weight excluding hydrogens is 289 g/mol. The number of ketones is 1. The predicted molar refractivity (Wildman–Crippen MR) is 68.1 cm³/mol. The number of hydrogen-bond donors (Lipinski definition) is 0. The van der Waals surface area contributed by atoms with Crippen LogP contribution in [0.1, 0.15) is 24.2 Å². The van der Waals surface area contributed by atoms with Crippen molar-refractivity contribution in [1.29, 1.82) is 0 Å². The van der Waals surface area contributed by atoms with Crippen molar-refractivity contribution in [2.75, 3.05) is 13.1 Å². The minimum absolute atomic E-state index is 0.150. The molecule has 3 rings (SSSR count). The lowest BCUT2D eigenvalue weighted by atomic mass is 9.64. The Balaban J connectivity index is 1.63. The van der Waals surface area contributed by atoms with Crippen LogP contribution in [0, 0.1) is 12.3 Å². The van der Waals surface area contributed by atoms with Crippen molar-refractivity contribution in [3.05, 3.63) is 23.5 Å². The molecule has 1 aromatic heterocycles. The zero-order valence-corrected chi connectivity index (χ0v) is 11.6. The van der Waals surface area contributed by atoms with Gasteiger partial charge in [-0.15, -0.1) is 0 Å². The van der Waals surface area contributed by atoms with Crippen molar-refractivity contribution in [2.24, 2.45) is 5.41 Å². The van der Waals surface area contributed by atoms with E-state index in [-0.39, 0.29) is 5.41 Å². The minimum Gasteiger partial charge on any atom is -0.300 e. The Morgan fingerprint density at radius 3 is 2.45 bits per heavy atom. The van der Waals surface area contributed by atoms with E-state index in [0.29, 0.717) is 24.3 Å². The Kier molecular flexibility index (Phi) is 3.10. The highest BCUT2D eigenvalue weighted by Gasteiger charge is 2.52. The molecule has 1 saturated carbocycles. The molecule has 1 aliphatic heterocycles. The Morgan fingerprint density at radius 2 is 1.95 bits per heavy atom. The Morgan fingerprint density at radius 1 is 1.30 bits per heavy atom. The van der Waals surface area contributed by atoms with Crippen LogP contribution in [0.2, 0.25) is 0 Å². The molecule has 1 saturated heterocycles. The number of halogens is 3. The Bertz CT molecular complexity index is 557. The molecule has 2 aliphatic rings. The third-order valence-electron chi connectivity index (χ3n) is 3.72. The summed E-state index contributed by atoms with van der Waals surface area (Å²) in [6.07, 6.45) is -3.11. The van der Waals surface area contributed by atoms with Crippen LogP contribution in [-0.4, -0.2) is 28.2 Å². The maximum atomic E-state index is 12.5. The third-order valence-corrected chi connectivity index (χ3v) is 4.87. The van der Waals surface area contributed by atoms with E-state index in [4.69, 9.17) is 0 Å². The molecule has 0 amide bonds. The molecule has 2 fully saturated rings. The molecule has 3 nitrogen and oxygen atoms in total. The number of carbonyl (C=O) groups excluding carboxylic acids is 1. The largest absolute Gasteiger partial charge is 0.433 e. The van der Waals surface area contributed by atoms with Crippen molar-refractivity contribution in [2.45, 2.75) is 30.8 Å². The molecule has 7 heteroatoms. The predicted octanol–water partition coefficient (Wildman–Crippen LogP) is 3.08. The van der Waals surface area contributed by atoms with Gasteiger partial charge in [0.1, 0.15) is 11.5 Å². The van der Waals surface area contributed by atoms with Gasteiger partial charge in [0.2, 0.25) is 0 Å². The highest BCUT2D eigenvalue weighted by Crippen LogP contribution is 2.49. The van der Waals surface area contributed by atoms with Gasteiger partial charge in [-0.1, -0.05) is 0 Å². The van der Waals surface area contributed by atoms with Gasteiger partial charge in [-0.05, 0) is 31.0 Å². The first kappa shape index (κ1) is 13.9. The summed E-state index contributed by atoms with van der Waals surface area (Å²) < 4.78 is 39.6. The summed E-state index contributed by atoms with van der Waals surface area (Å²) in [4.78, 5) is 15.4. The summed E-state index contributed by atoms with van der Waals surface area (Å²) in [5.74, 6) is 0.307. The molecule has 0 radical (unpaired) electrons. The number of rotatable bonds is 2. The topological polar surface area (TPSA) is 33.2 Å². The lowest BCUT2D eigenvalue weighted by Gasteiger charge is -2.54. The van der Waals surface area contributed by atoms with Gasteiger partial charge in [0.25, 0.3) is 0 Å². The molecule has 0 atom stereocenters. The summed E-state index contributed by atoms with van der Waals surface area (Å²) in [6.45, 7) is 3.23. The summed E-state index contributed by atoms with van der Waals surface area (Å²) in [5.41, 5.74) is -0.323. The average molecular weight is 302 g/mol. The van der Waals surface area contributed by atoms with E-state index < -0.39 is 11.9 Å². The fourth-order valence-electron chi connectivity index (χ4n) is 2.72. The summed E-state index contributed by atoms with van der Waals surface area (Å²) in [6, 6.07) is 2.48. The lowest BCUT2D eigenvalue weighted by molar-refractivity contribution is -0.141. The van der Waals surface area contributed by atoms with Gasteiger partial charge in [-0.25, -0.2) is 9.29 Å². The summed E-state index contributed by atoms with van der Waals surface area (Å²) in [7, 11) is 0. The van der Waals surface area contributed by atoms with E-state index in [1.807, 2.05) is 0 Å². The molecular formula is C13H13F3N2OS. The highest BCUT2D eigenvalue weighted by molar-refractivity contribution is 7.97. The molecule has 2 heterocycles. The first-order valence-corrected chi connectivity index (χ1v) is 7.04. The molecule has 1 aromatic rings. The van der Waals surface area contributed by atoms with Crippen LogP contribution in [0.25, 0.3) is 0 Å². The first-order valence-electron chi connectivity index (χ1n) is 6.27. The van der Waals surface area contributed by atoms with Gasteiger partial charge in [0.15, 0.2) is 0 Å². The number of hydrogen-bond acceptors (Lipinski definition) is 4. The Hall–Kier alpha value is -1.08. The van der Waals surface area contributed by atoms with Crippen LogP contribution < -0.4 is 0 Å². The van der Waals surface area contributed by atoms with Crippen LogP contribution in [-0.2, 0) is 11.0 Å². The third kappa shape index (κ3) is 2.44. The van der Waals surface area contributed by atoms with Crippen molar-refractivity contribution in [3.8, 4) is 0 Å².